The topological polar surface area (TPSA) is 67.4 Å². The van der Waals surface area contributed by atoms with Gasteiger partial charge in [-0.05, 0) is 49.7 Å². The van der Waals surface area contributed by atoms with Crippen molar-refractivity contribution in [1.29, 1.82) is 0 Å². The maximum Gasteiger partial charge on any atom is 0.255 e. The van der Waals surface area contributed by atoms with Gasteiger partial charge in [-0.25, -0.2) is 0 Å². The fourth-order valence-corrected chi connectivity index (χ4v) is 2.13. The van der Waals surface area contributed by atoms with Crippen LogP contribution in [-0.2, 0) is 0 Å². The molecular weight excluding hydrogens is 304 g/mol. The molecule has 126 valence electrons. The molecule has 0 radical (unpaired) electrons. The monoisotopic (exact) mass is 326 g/mol. The van der Waals surface area contributed by atoms with Gasteiger partial charge in [0.2, 0.25) is 0 Å². The summed E-state index contributed by atoms with van der Waals surface area (Å²) in [5, 5.41) is 5.70. The minimum atomic E-state index is -0.276. The molecule has 5 heteroatoms. The Morgan fingerprint density at radius 2 is 1.71 bits per heavy atom. The number of ether oxygens (including phenoxy) is 1. The summed E-state index contributed by atoms with van der Waals surface area (Å²) in [5.74, 6) is 0.205. The standard InChI is InChI=1S/C19H22N2O3/c1-4-13(2)20-19(23)16-7-5-6-8-17(16)21-18(22)14-9-11-15(24-3)12-10-14/h5-13H,4H2,1-3H3,(H,20,23)(H,21,22)/t13-/m1/s1. The largest absolute Gasteiger partial charge is 0.497 e. The first-order valence-corrected chi connectivity index (χ1v) is 7.90. The van der Waals surface area contributed by atoms with Gasteiger partial charge in [0.15, 0.2) is 0 Å². The van der Waals surface area contributed by atoms with Crippen LogP contribution in [0.25, 0.3) is 0 Å². The zero-order chi connectivity index (χ0) is 17.5. The first kappa shape index (κ1) is 17.5. The molecule has 2 aromatic rings. The van der Waals surface area contributed by atoms with Gasteiger partial charge in [0.1, 0.15) is 5.75 Å². The van der Waals surface area contributed by atoms with Gasteiger partial charge in [-0.15, -0.1) is 0 Å². The van der Waals surface area contributed by atoms with E-state index in [2.05, 4.69) is 10.6 Å². The Labute approximate surface area is 142 Å². The van der Waals surface area contributed by atoms with Crippen molar-refractivity contribution in [1.82, 2.24) is 5.32 Å². The number of carbonyl (C=O) groups excluding carboxylic acids is 2. The van der Waals surface area contributed by atoms with Crippen LogP contribution in [0.3, 0.4) is 0 Å². The van der Waals surface area contributed by atoms with Gasteiger partial charge in [-0.1, -0.05) is 19.1 Å². The van der Waals surface area contributed by atoms with Gasteiger partial charge in [0.25, 0.3) is 11.8 Å². The molecule has 0 saturated heterocycles. The van der Waals surface area contributed by atoms with Crippen molar-refractivity contribution in [3.8, 4) is 5.75 Å². The molecule has 5 nitrogen and oxygen atoms in total. The fraction of sp³-hybridized carbons (Fsp3) is 0.263. The molecule has 0 saturated carbocycles. The predicted molar refractivity (Wildman–Crippen MR) is 94.6 cm³/mol. The number of nitrogens with one attached hydrogen (secondary N) is 2. The lowest BCUT2D eigenvalue weighted by Gasteiger charge is -2.14. The quantitative estimate of drug-likeness (QED) is 0.854. The Bertz CT molecular complexity index is 711. The van der Waals surface area contributed by atoms with Crippen LogP contribution in [0.2, 0.25) is 0 Å². The number of rotatable bonds is 6. The number of methoxy groups -OCH3 is 1. The van der Waals surface area contributed by atoms with Crippen LogP contribution in [0.15, 0.2) is 48.5 Å². The molecule has 0 bridgehead atoms. The zero-order valence-electron chi connectivity index (χ0n) is 14.1. The Morgan fingerprint density at radius 3 is 2.33 bits per heavy atom. The van der Waals surface area contributed by atoms with Gasteiger partial charge in [0.05, 0.1) is 18.4 Å². The zero-order valence-corrected chi connectivity index (χ0v) is 14.1. The van der Waals surface area contributed by atoms with E-state index < -0.39 is 0 Å². The third-order valence-corrected chi connectivity index (χ3v) is 3.76. The molecule has 0 aromatic heterocycles. The molecule has 2 N–H and O–H groups in total. The number of hydrogen-bond acceptors (Lipinski definition) is 3. The second kappa shape index (κ2) is 8.15. The van der Waals surface area contributed by atoms with E-state index in [4.69, 9.17) is 4.74 Å². The highest BCUT2D eigenvalue weighted by Crippen LogP contribution is 2.18. The second-order valence-electron chi connectivity index (χ2n) is 5.51. The Kier molecular flexibility index (Phi) is 5.95. The van der Waals surface area contributed by atoms with Crippen molar-refractivity contribution in [2.45, 2.75) is 26.3 Å². The third-order valence-electron chi connectivity index (χ3n) is 3.76. The van der Waals surface area contributed by atoms with Crippen molar-refractivity contribution < 1.29 is 14.3 Å². The highest BCUT2D eigenvalue weighted by Gasteiger charge is 2.15. The van der Waals surface area contributed by atoms with Gasteiger partial charge in [-0.2, -0.15) is 0 Å². The van der Waals surface area contributed by atoms with Crippen molar-refractivity contribution >= 4 is 17.5 Å². The van der Waals surface area contributed by atoms with E-state index in [1.807, 2.05) is 13.8 Å². The smallest absolute Gasteiger partial charge is 0.255 e. The number of hydrogen-bond donors (Lipinski definition) is 2. The molecule has 0 aliphatic carbocycles. The summed E-state index contributed by atoms with van der Waals surface area (Å²) in [6.45, 7) is 3.94. The van der Waals surface area contributed by atoms with Crippen LogP contribution < -0.4 is 15.4 Å². The average Bonchev–Trinajstić information content (AvgIpc) is 2.62. The molecule has 2 aromatic carbocycles. The summed E-state index contributed by atoms with van der Waals surface area (Å²) in [6.07, 6.45) is 0.839. The summed E-state index contributed by atoms with van der Waals surface area (Å²) in [6, 6.07) is 13.8. The molecule has 0 spiro atoms. The van der Waals surface area contributed by atoms with Gasteiger partial charge in [-0.3, -0.25) is 9.59 Å². The van der Waals surface area contributed by atoms with E-state index in [-0.39, 0.29) is 17.9 Å². The maximum absolute atomic E-state index is 12.4. The lowest BCUT2D eigenvalue weighted by molar-refractivity contribution is 0.0940. The van der Waals surface area contributed by atoms with Crippen LogP contribution in [0.1, 0.15) is 41.0 Å². The Hall–Kier alpha value is -2.82. The minimum Gasteiger partial charge on any atom is -0.497 e. The van der Waals surface area contributed by atoms with Crippen molar-refractivity contribution in [3.63, 3.8) is 0 Å². The van der Waals surface area contributed by atoms with Gasteiger partial charge < -0.3 is 15.4 Å². The summed E-state index contributed by atoms with van der Waals surface area (Å²) in [4.78, 5) is 24.7. The highest BCUT2D eigenvalue weighted by atomic mass is 16.5. The summed E-state index contributed by atoms with van der Waals surface area (Å²) < 4.78 is 5.08. The van der Waals surface area contributed by atoms with E-state index in [9.17, 15) is 9.59 Å². The number of amides is 2. The Balaban J connectivity index is 2.17. The van der Waals surface area contributed by atoms with Crippen molar-refractivity contribution in [3.05, 3.63) is 59.7 Å². The van der Waals surface area contributed by atoms with E-state index in [0.29, 0.717) is 22.6 Å². The number of benzene rings is 2. The normalized spacial score (nSPS) is 11.5. The average molecular weight is 326 g/mol. The lowest BCUT2D eigenvalue weighted by Crippen LogP contribution is -2.32. The van der Waals surface area contributed by atoms with E-state index in [1.54, 1.807) is 55.6 Å². The molecule has 0 heterocycles. The van der Waals surface area contributed by atoms with Crippen molar-refractivity contribution in [2.24, 2.45) is 0 Å². The maximum atomic E-state index is 12.4. The first-order valence-electron chi connectivity index (χ1n) is 7.90. The van der Waals surface area contributed by atoms with Gasteiger partial charge in [0, 0.05) is 11.6 Å². The molecular formula is C19H22N2O3. The summed E-state index contributed by atoms with van der Waals surface area (Å²) in [5.41, 5.74) is 1.42. The van der Waals surface area contributed by atoms with Crippen LogP contribution >= 0.6 is 0 Å². The van der Waals surface area contributed by atoms with Crippen LogP contribution in [0, 0.1) is 0 Å². The van der Waals surface area contributed by atoms with Gasteiger partial charge >= 0.3 is 0 Å². The molecule has 0 aliphatic heterocycles. The van der Waals surface area contributed by atoms with Crippen LogP contribution in [0.5, 0.6) is 5.75 Å². The second-order valence-corrected chi connectivity index (χ2v) is 5.51. The molecule has 0 unspecified atom stereocenters. The lowest BCUT2D eigenvalue weighted by atomic mass is 10.1. The van der Waals surface area contributed by atoms with E-state index >= 15 is 0 Å². The molecule has 2 rings (SSSR count). The summed E-state index contributed by atoms with van der Waals surface area (Å²) in [7, 11) is 1.57. The van der Waals surface area contributed by atoms with E-state index in [1.165, 1.54) is 0 Å². The third kappa shape index (κ3) is 4.35. The molecule has 1 atom stereocenters. The van der Waals surface area contributed by atoms with Crippen LogP contribution in [0.4, 0.5) is 5.69 Å². The Morgan fingerprint density at radius 1 is 1.04 bits per heavy atom. The molecule has 0 aliphatic rings. The molecule has 2 amide bonds. The van der Waals surface area contributed by atoms with Crippen LogP contribution in [-0.4, -0.2) is 25.0 Å². The first-order chi connectivity index (χ1) is 11.5. The highest BCUT2D eigenvalue weighted by molar-refractivity contribution is 6.09. The molecule has 24 heavy (non-hydrogen) atoms. The molecule has 0 fully saturated rings. The number of para-hydroxylation sites is 1. The SMILES string of the molecule is CC[C@@H](C)NC(=O)c1ccccc1NC(=O)c1ccc(OC)cc1. The predicted octanol–water partition coefficient (Wildman–Crippen LogP) is 3.48. The van der Waals surface area contributed by atoms with Crippen molar-refractivity contribution in [2.75, 3.05) is 12.4 Å². The fourth-order valence-electron chi connectivity index (χ4n) is 2.13. The minimum absolute atomic E-state index is 0.0721. The summed E-state index contributed by atoms with van der Waals surface area (Å²) >= 11 is 0. The number of anilines is 1. The van der Waals surface area contributed by atoms with E-state index in [0.717, 1.165) is 6.42 Å². The number of carbonyl (C=O) groups is 2.